The molecule has 1 N–H and O–H groups in total. The Balaban J connectivity index is 1.66. The molecular formula is C16H18BrNO2. The monoisotopic (exact) mass is 335 g/mol. The van der Waals surface area contributed by atoms with Crippen LogP contribution in [0.2, 0.25) is 0 Å². The molecule has 106 valence electrons. The van der Waals surface area contributed by atoms with Gasteiger partial charge in [0.25, 0.3) is 0 Å². The van der Waals surface area contributed by atoms with Crippen LogP contribution in [0.15, 0.2) is 45.3 Å². The van der Waals surface area contributed by atoms with Crippen LogP contribution in [0.25, 0.3) is 11.3 Å². The van der Waals surface area contributed by atoms with Gasteiger partial charge in [0.15, 0.2) is 0 Å². The van der Waals surface area contributed by atoms with Crippen LogP contribution in [0, 0.1) is 5.92 Å². The van der Waals surface area contributed by atoms with Crippen molar-refractivity contribution in [3.63, 3.8) is 0 Å². The molecule has 0 bridgehead atoms. The van der Waals surface area contributed by atoms with Crippen LogP contribution < -0.4 is 0 Å². The molecule has 0 aliphatic carbocycles. The molecular weight excluding hydrogens is 318 g/mol. The van der Waals surface area contributed by atoms with Gasteiger partial charge in [0.2, 0.25) is 0 Å². The average Bonchev–Trinajstić information content (AvgIpc) is 3.09. The molecule has 1 aromatic carbocycles. The molecule has 0 radical (unpaired) electrons. The number of nitrogens with zero attached hydrogens (tertiary/aromatic N) is 1. The Kier molecular flexibility index (Phi) is 4.24. The summed E-state index contributed by atoms with van der Waals surface area (Å²) < 4.78 is 6.99. The highest BCUT2D eigenvalue weighted by atomic mass is 79.9. The third-order valence-corrected chi connectivity index (χ3v) is 4.33. The second-order valence-corrected chi connectivity index (χ2v) is 6.26. The van der Waals surface area contributed by atoms with Crippen LogP contribution in [-0.2, 0) is 6.54 Å². The minimum atomic E-state index is 0.290. The molecule has 1 aliphatic rings. The zero-order valence-corrected chi connectivity index (χ0v) is 12.8. The van der Waals surface area contributed by atoms with Crippen molar-refractivity contribution in [3.8, 4) is 11.3 Å². The van der Waals surface area contributed by atoms with Crippen LogP contribution >= 0.6 is 15.9 Å². The van der Waals surface area contributed by atoms with E-state index in [1.807, 2.05) is 36.4 Å². The maximum absolute atomic E-state index is 9.17. The van der Waals surface area contributed by atoms with Crippen LogP contribution in [0.5, 0.6) is 0 Å². The predicted octanol–water partition coefficient (Wildman–Crippen LogP) is 3.52. The van der Waals surface area contributed by atoms with E-state index in [-0.39, 0.29) is 0 Å². The number of rotatable bonds is 4. The molecule has 1 aliphatic heterocycles. The minimum absolute atomic E-state index is 0.290. The summed E-state index contributed by atoms with van der Waals surface area (Å²) in [5, 5.41) is 9.17. The maximum Gasteiger partial charge on any atom is 0.134 e. The van der Waals surface area contributed by atoms with Crippen molar-refractivity contribution in [2.45, 2.75) is 13.0 Å². The van der Waals surface area contributed by atoms with Crippen LogP contribution in [0.4, 0.5) is 0 Å². The Hall–Kier alpha value is -1.10. The molecule has 4 heteroatoms. The first kappa shape index (κ1) is 13.9. The van der Waals surface area contributed by atoms with Gasteiger partial charge in [-0.05, 0) is 43.1 Å². The van der Waals surface area contributed by atoms with Gasteiger partial charge in [0.1, 0.15) is 11.5 Å². The van der Waals surface area contributed by atoms with E-state index in [0.29, 0.717) is 12.5 Å². The Labute approximate surface area is 127 Å². The van der Waals surface area contributed by atoms with Crippen LogP contribution in [-0.4, -0.2) is 29.7 Å². The van der Waals surface area contributed by atoms with E-state index in [4.69, 9.17) is 4.42 Å². The number of aliphatic hydroxyl groups excluding tert-OH is 1. The van der Waals surface area contributed by atoms with Gasteiger partial charge >= 0.3 is 0 Å². The first-order valence-electron chi connectivity index (χ1n) is 6.92. The zero-order valence-electron chi connectivity index (χ0n) is 11.3. The highest BCUT2D eigenvalue weighted by molar-refractivity contribution is 9.10. The molecule has 0 saturated carbocycles. The van der Waals surface area contributed by atoms with Crippen LogP contribution in [0.1, 0.15) is 12.2 Å². The summed E-state index contributed by atoms with van der Waals surface area (Å²) in [5.41, 5.74) is 1.09. The number of hydrogen-bond donors (Lipinski definition) is 1. The number of furan rings is 1. The summed E-state index contributed by atoms with van der Waals surface area (Å²) in [7, 11) is 0. The Bertz CT molecular complexity index is 564. The highest BCUT2D eigenvalue weighted by Gasteiger charge is 2.22. The van der Waals surface area contributed by atoms with E-state index in [2.05, 4.69) is 20.8 Å². The lowest BCUT2D eigenvalue weighted by Gasteiger charge is -2.13. The first-order valence-corrected chi connectivity index (χ1v) is 7.72. The molecule has 20 heavy (non-hydrogen) atoms. The SMILES string of the molecule is OCC1CCN(Cc2ccc(-c3ccc(Br)cc3)o2)C1. The van der Waals surface area contributed by atoms with Gasteiger partial charge < -0.3 is 9.52 Å². The maximum atomic E-state index is 9.17. The van der Waals surface area contributed by atoms with Crippen LogP contribution in [0.3, 0.4) is 0 Å². The molecule has 3 rings (SSSR count). The Morgan fingerprint density at radius 3 is 2.70 bits per heavy atom. The summed E-state index contributed by atoms with van der Waals surface area (Å²) in [6.45, 7) is 3.12. The smallest absolute Gasteiger partial charge is 0.134 e. The van der Waals surface area contributed by atoms with Crippen molar-refractivity contribution in [1.29, 1.82) is 0 Å². The van der Waals surface area contributed by atoms with E-state index in [0.717, 1.165) is 47.6 Å². The molecule has 1 aromatic heterocycles. The summed E-state index contributed by atoms with van der Waals surface area (Å²) in [5.74, 6) is 2.32. The molecule has 2 heterocycles. The standard InChI is InChI=1S/C16H18BrNO2/c17-14-3-1-13(2-4-14)16-6-5-15(20-16)10-18-8-7-12(9-18)11-19/h1-6,12,19H,7-11H2. The number of likely N-dealkylation sites (tertiary alicyclic amines) is 1. The fourth-order valence-corrected chi connectivity index (χ4v) is 2.92. The number of halogens is 1. The van der Waals surface area contributed by atoms with Crippen molar-refractivity contribution in [2.75, 3.05) is 19.7 Å². The molecule has 1 unspecified atom stereocenters. The number of hydrogen-bond acceptors (Lipinski definition) is 3. The molecule has 1 atom stereocenters. The molecule has 1 saturated heterocycles. The normalized spacial score (nSPS) is 19.6. The number of aliphatic hydroxyl groups is 1. The van der Waals surface area contributed by atoms with Crippen molar-refractivity contribution in [2.24, 2.45) is 5.92 Å². The van der Waals surface area contributed by atoms with Gasteiger partial charge in [-0.3, -0.25) is 4.90 Å². The van der Waals surface area contributed by atoms with Crippen molar-refractivity contribution >= 4 is 15.9 Å². The summed E-state index contributed by atoms with van der Waals surface area (Å²) in [6.07, 6.45) is 1.08. The molecule has 1 fully saturated rings. The average molecular weight is 336 g/mol. The van der Waals surface area contributed by atoms with Gasteiger partial charge in [0, 0.05) is 23.2 Å². The summed E-state index contributed by atoms with van der Waals surface area (Å²) in [4.78, 5) is 2.34. The van der Waals surface area contributed by atoms with E-state index in [1.54, 1.807) is 0 Å². The third-order valence-electron chi connectivity index (χ3n) is 3.80. The topological polar surface area (TPSA) is 36.6 Å². The van der Waals surface area contributed by atoms with Gasteiger partial charge in [-0.25, -0.2) is 0 Å². The lowest BCUT2D eigenvalue weighted by molar-refractivity contribution is 0.216. The Morgan fingerprint density at radius 2 is 2.00 bits per heavy atom. The second kappa shape index (κ2) is 6.12. The minimum Gasteiger partial charge on any atom is -0.460 e. The van der Waals surface area contributed by atoms with E-state index < -0.39 is 0 Å². The summed E-state index contributed by atoms with van der Waals surface area (Å²) in [6, 6.07) is 12.2. The van der Waals surface area contributed by atoms with Crippen molar-refractivity contribution in [1.82, 2.24) is 4.90 Å². The van der Waals surface area contributed by atoms with Gasteiger partial charge in [-0.2, -0.15) is 0 Å². The van der Waals surface area contributed by atoms with Gasteiger partial charge in [0.05, 0.1) is 6.54 Å². The lowest BCUT2D eigenvalue weighted by Crippen LogP contribution is -2.20. The highest BCUT2D eigenvalue weighted by Crippen LogP contribution is 2.25. The lowest BCUT2D eigenvalue weighted by atomic mass is 10.1. The first-order chi connectivity index (χ1) is 9.74. The fraction of sp³-hybridized carbons (Fsp3) is 0.375. The molecule has 0 amide bonds. The molecule has 3 nitrogen and oxygen atoms in total. The molecule has 2 aromatic rings. The number of benzene rings is 1. The van der Waals surface area contributed by atoms with Crippen molar-refractivity contribution < 1.29 is 9.52 Å². The van der Waals surface area contributed by atoms with E-state index >= 15 is 0 Å². The second-order valence-electron chi connectivity index (χ2n) is 5.35. The van der Waals surface area contributed by atoms with Gasteiger partial charge in [-0.15, -0.1) is 0 Å². The quantitative estimate of drug-likeness (QED) is 0.928. The Morgan fingerprint density at radius 1 is 1.20 bits per heavy atom. The summed E-state index contributed by atoms with van der Waals surface area (Å²) >= 11 is 3.44. The zero-order chi connectivity index (χ0) is 13.9. The van der Waals surface area contributed by atoms with Gasteiger partial charge in [-0.1, -0.05) is 28.1 Å². The third kappa shape index (κ3) is 3.14. The van der Waals surface area contributed by atoms with E-state index in [9.17, 15) is 5.11 Å². The van der Waals surface area contributed by atoms with Crippen molar-refractivity contribution in [3.05, 3.63) is 46.6 Å². The largest absolute Gasteiger partial charge is 0.460 e. The van der Waals surface area contributed by atoms with E-state index in [1.165, 1.54) is 0 Å². The molecule has 0 spiro atoms. The fourth-order valence-electron chi connectivity index (χ4n) is 2.66. The predicted molar refractivity (Wildman–Crippen MR) is 82.3 cm³/mol.